The average Bonchev–Trinajstić information content (AvgIpc) is 3.31. The Morgan fingerprint density at radius 3 is 2.52 bits per heavy atom. The van der Waals surface area contributed by atoms with E-state index in [2.05, 4.69) is 4.98 Å². The number of halogens is 3. The third-order valence-electron chi connectivity index (χ3n) is 5.19. The Morgan fingerprint density at radius 1 is 1.14 bits per heavy atom. The van der Waals surface area contributed by atoms with Gasteiger partial charge in [0.1, 0.15) is 12.7 Å². The van der Waals surface area contributed by atoms with Gasteiger partial charge in [-0.3, -0.25) is 4.84 Å². The Morgan fingerprint density at radius 2 is 1.86 bits per heavy atom. The molecule has 0 spiro atoms. The van der Waals surface area contributed by atoms with Crippen molar-refractivity contribution in [3.63, 3.8) is 0 Å². The molecule has 1 fully saturated rings. The van der Waals surface area contributed by atoms with Crippen molar-refractivity contribution in [1.82, 2.24) is 14.6 Å². The molecule has 0 saturated carbocycles. The number of hydrogen-bond donors (Lipinski definition) is 0. The zero-order chi connectivity index (χ0) is 20.4. The summed E-state index contributed by atoms with van der Waals surface area (Å²) < 4.78 is 7.97. The Bertz CT molecular complexity index is 946. The quantitative estimate of drug-likeness (QED) is 0.498. The third kappa shape index (κ3) is 4.25. The van der Waals surface area contributed by atoms with Gasteiger partial charge in [-0.2, -0.15) is 5.06 Å². The fourth-order valence-electron chi connectivity index (χ4n) is 3.75. The number of rotatable bonds is 6. The van der Waals surface area contributed by atoms with Crippen LogP contribution in [0.2, 0.25) is 15.1 Å². The lowest BCUT2D eigenvalue weighted by Gasteiger charge is -2.34. The van der Waals surface area contributed by atoms with Crippen molar-refractivity contribution in [1.29, 1.82) is 0 Å². The van der Waals surface area contributed by atoms with Crippen molar-refractivity contribution in [3.05, 3.63) is 81.8 Å². The summed E-state index contributed by atoms with van der Waals surface area (Å²) in [5.74, 6) is 0.473. The van der Waals surface area contributed by atoms with Gasteiger partial charge in [-0.25, -0.2) is 4.98 Å². The second kappa shape index (κ2) is 8.54. The van der Waals surface area contributed by atoms with E-state index >= 15 is 0 Å². The highest BCUT2D eigenvalue weighted by atomic mass is 35.5. The van der Waals surface area contributed by atoms with Gasteiger partial charge in [-0.05, 0) is 29.8 Å². The van der Waals surface area contributed by atoms with Crippen molar-refractivity contribution >= 4 is 34.8 Å². The van der Waals surface area contributed by atoms with E-state index in [4.69, 9.17) is 44.4 Å². The zero-order valence-electron chi connectivity index (χ0n) is 15.8. The molecule has 8 heteroatoms. The number of para-hydroxylation sites is 1. The molecule has 1 aliphatic heterocycles. The molecular formula is C21H20Cl3N3O2. The monoisotopic (exact) mass is 451 g/mol. The maximum absolute atomic E-state index is 6.22. The lowest BCUT2D eigenvalue weighted by molar-refractivity contribution is -0.179. The van der Waals surface area contributed by atoms with Crippen LogP contribution in [0.3, 0.4) is 0 Å². The van der Waals surface area contributed by atoms with Crippen molar-refractivity contribution in [2.45, 2.75) is 24.6 Å². The first-order valence-electron chi connectivity index (χ1n) is 9.17. The Balaban J connectivity index is 1.58. The molecule has 152 valence electrons. The molecule has 3 aromatic rings. The van der Waals surface area contributed by atoms with E-state index in [-0.39, 0.29) is 6.10 Å². The number of hydrogen-bond acceptors (Lipinski definition) is 4. The summed E-state index contributed by atoms with van der Waals surface area (Å²) in [4.78, 5) is 10.3. The number of imidazole rings is 1. The van der Waals surface area contributed by atoms with Gasteiger partial charge in [0.05, 0.1) is 21.9 Å². The predicted octanol–water partition coefficient (Wildman–Crippen LogP) is 5.45. The van der Waals surface area contributed by atoms with E-state index in [0.717, 1.165) is 5.56 Å². The molecule has 1 aliphatic rings. The van der Waals surface area contributed by atoms with Crippen LogP contribution in [-0.2, 0) is 16.9 Å². The summed E-state index contributed by atoms with van der Waals surface area (Å²) in [6.07, 6.45) is 6.06. The van der Waals surface area contributed by atoms with Gasteiger partial charge >= 0.3 is 0 Å². The molecule has 2 aromatic carbocycles. The van der Waals surface area contributed by atoms with Gasteiger partial charge in [0.25, 0.3) is 0 Å². The van der Waals surface area contributed by atoms with Crippen LogP contribution in [0.15, 0.2) is 61.2 Å². The molecular weight excluding hydrogens is 433 g/mol. The van der Waals surface area contributed by atoms with E-state index in [1.807, 2.05) is 47.1 Å². The molecule has 1 aromatic heterocycles. The van der Waals surface area contributed by atoms with E-state index in [1.54, 1.807) is 30.7 Å². The minimum absolute atomic E-state index is 0.175. The van der Waals surface area contributed by atoms with Crippen molar-refractivity contribution in [2.24, 2.45) is 0 Å². The van der Waals surface area contributed by atoms with Gasteiger partial charge in [0, 0.05) is 37.4 Å². The molecule has 2 heterocycles. The second-order valence-corrected chi connectivity index (χ2v) is 8.32. The largest absolute Gasteiger partial charge is 0.488 e. The predicted molar refractivity (Wildman–Crippen MR) is 115 cm³/mol. The van der Waals surface area contributed by atoms with E-state index in [9.17, 15) is 0 Å². The van der Waals surface area contributed by atoms with Crippen LogP contribution >= 0.6 is 34.8 Å². The second-order valence-electron chi connectivity index (χ2n) is 7.06. The summed E-state index contributed by atoms with van der Waals surface area (Å²) in [5, 5.41) is 3.55. The molecule has 2 atom stereocenters. The summed E-state index contributed by atoms with van der Waals surface area (Å²) in [6.45, 7) is 1.00. The summed E-state index contributed by atoms with van der Waals surface area (Å²) >= 11 is 18.6. The SMILES string of the molecule is CN1OC(COc2c(Cl)cccc2Cl)CC1(Cn1ccnc1)c1ccc(Cl)cc1. The molecule has 0 radical (unpaired) electrons. The highest BCUT2D eigenvalue weighted by Crippen LogP contribution is 2.42. The van der Waals surface area contributed by atoms with Crippen molar-refractivity contribution in [3.8, 4) is 5.75 Å². The van der Waals surface area contributed by atoms with E-state index in [1.165, 1.54) is 0 Å². The number of benzene rings is 2. The van der Waals surface area contributed by atoms with Crippen LogP contribution in [0.25, 0.3) is 0 Å². The number of nitrogens with zero attached hydrogens (tertiary/aromatic N) is 3. The Hall–Kier alpha value is -1.76. The van der Waals surface area contributed by atoms with Crippen LogP contribution < -0.4 is 4.74 Å². The highest BCUT2D eigenvalue weighted by molar-refractivity contribution is 6.37. The smallest absolute Gasteiger partial charge is 0.156 e. The fourth-order valence-corrected chi connectivity index (χ4v) is 4.38. The van der Waals surface area contributed by atoms with Gasteiger partial charge < -0.3 is 9.30 Å². The Labute approximate surface area is 184 Å². The third-order valence-corrected chi connectivity index (χ3v) is 6.04. The lowest BCUT2D eigenvalue weighted by atomic mass is 9.85. The molecule has 0 amide bonds. The lowest BCUT2D eigenvalue weighted by Crippen LogP contribution is -2.41. The van der Waals surface area contributed by atoms with Gasteiger partial charge in [0.2, 0.25) is 0 Å². The molecule has 0 N–H and O–H groups in total. The number of hydroxylamine groups is 2. The summed E-state index contributed by atoms with van der Waals surface area (Å²) in [5.41, 5.74) is 0.709. The summed E-state index contributed by atoms with van der Waals surface area (Å²) in [7, 11) is 1.94. The average molecular weight is 453 g/mol. The maximum Gasteiger partial charge on any atom is 0.156 e. The Kier molecular flexibility index (Phi) is 6.04. The first-order chi connectivity index (χ1) is 14.0. The molecule has 1 saturated heterocycles. The molecule has 29 heavy (non-hydrogen) atoms. The van der Waals surface area contributed by atoms with Crippen LogP contribution in [0.4, 0.5) is 0 Å². The first-order valence-corrected chi connectivity index (χ1v) is 10.3. The molecule has 0 aliphatic carbocycles. The number of ether oxygens (including phenoxy) is 1. The van der Waals surface area contributed by atoms with Crippen molar-refractivity contribution in [2.75, 3.05) is 13.7 Å². The van der Waals surface area contributed by atoms with Gasteiger partial charge in [-0.15, -0.1) is 0 Å². The first kappa shape index (κ1) is 20.5. The van der Waals surface area contributed by atoms with Crippen LogP contribution in [0.5, 0.6) is 5.75 Å². The topological polar surface area (TPSA) is 39.5 Å². The van der Waals surface area contributed by atoms with Crippen LogP contribution in [-0.4, -0.2) is 34.4 Å². The minimum Gasteiger partial charge on any atom is -0.488 e. The number of aromatic nitrogens is 2. The standard InChI is InChI=1S/C21H20Cl3N3O2/c1-26-21(13-27-10-9-25-14-27,15-5-7-16(22)8-6-15)11-17(29-26)12-28-20-18(23)3-2-4-19(20)24/h2-10,14,17H,11-13H2,1H3. The van der Waals surface area contributed by atoms with E-state index < -0.39 is 5.54 Å². The maximum atomic E-state index is 6.22. The highest BCUT2D eigenvalue weighted by Gasteiger charge is 2.47. The molecule has 0 bridgehead atoms. The van der Waals surface area contributed by atoms with Crippen molar-refractivity contribution < 1.29 is 9.57 Å². The van der Waals surface area contributed by atoms with Gasteiger partial charge in [0.15, 0.2) is 5.75 Å². The van der Waals surface area contributed by atoms with Crippen LogP contribution in [0, 0.1) is 0 Å². The summed E-state index contributed by atoms with van der Waals surface area (Å²) in [6, 6.07) is 13.2. The van der Waals surface area contributed by atoms with Crippen LogP contribution in [0.1, 0.15) is 12.0 Å². The normalized spacial score (nSPS) is 22.1. The number of likely N-dealkylation sites (N-methyl/N-ethyl adjacent to an activating group) is 1. The fraction of sp³-hybridized carbons (Fsp3) is 0.286. The van der Waals surface area contributed by atoms with Gasteiger partial charge in [-0.1, -0.05) is 53.0 Å². The molecule has 4 rings (SSSR count). The molecule has 2 unspecified atom stereocenters. The van der Waals surface area contributed by atoms with E-state index in [0.29, 0.717) is 40.4 Å². The minimum atomic E-state index is -0.399. The molecule has 5 nitrogen and oxygen atoms in total. The zero-order valence-corrected chi connectivity index (χ0v) is 18.0.